The van der Waals surface area contributed by atoms with Gasteiger partial charge in [0.1, 0.15) is 0 Å². The molecule has 0 bridgehead atoms. The molecule has 2 nitrogen and oxygen atoms in total. The van der Waals surface area contributed by atoms with Crippen LogP contribution < -0.4 is 5.11 Å². The molecule has 1 atom stereocenters. The van der Waals surface area contributed by atoms with E-state index in [2.05, 4.69) is 13.8 Å². The lowest BCUT2D eigenvalue weighted by Gasteiger charge is -2.16. The van der Waals surface area contributed by atoms with Crippen molar-refractivity contribution in [1.29, 1.82) is 0 Å². The SMILES string of the molecule is CCCCC[C@H](C)c1ccccc1CC(=O)[O-]. The van der Waals surface area contributed by atoms with Crippen molar-refractivity contribution in [2.75, 3.05) is 0 Å². The van der Waals surface area contributed by atoms with Gasteiger partial charge in [0.05, 0.1) is 0 Å². The highest BCUT2D eigenvalue weighted by Crippen LogP contribution is 2.25. The molecular weight excluding hydrogens is 212 g/mol. The summed E-state index contributed by atoms with van der Waals surface area (Å²) >= 11 is 0. The molecule has 0 aliphatic carbocycles. The molecule has 0 amide bonds. The highest BCUT2D eigenvalue weighted by atomic mass is 16.4. The number of benzene rings is 1. The van der Waals surface area contributed by atoms with E-state index < -0.39 is 5.97 Å². The van der Waals surface area contributed by atoms with Gasteiger partial charge in [-0.15, -0.1) is 0 Å². The fourth-order valence-corrected chi connectivity index (χ4v) is 2.19. The summed E-state index contributed by atoms with van der Waals surface area (Å²) < 4.78 is 0. The zero-order valence-electron chi connectivity index (χ0n) is 10.7. The molecule has 0 saturated carbocycles. The number of aliphatic carboxylic acids is 1. The predicted molar refractivity (Wildman–Crippen MR) is 67.7 cm³/mol. The molecule has 0 aliphatic rings. The van der Waals surface area contributed by atoms with Crippen molar-refractivity contribution in [3.05, 3.63) is 35.4 Å². The molecule has 0 aromatic heterocycles. The first-order valence-corrected chi connectivity index (χ1v) is 6.42. The van der Waals surface area contributed by atoms with E-state index in [1.807, 2.05) is 24.3 Å². The van der Waals surface area contributed by atoms with Crippen molar-refractivity contribution < 1.29 is 9.90 Å². The molecule has 0 spiro atoms. The lowest BCUT2D eigenvalue weighted by Crippen LogP contribution is -2.25. The fraction of sp³-hybridized carbons (Fsp3) is 0.533. The van der Waals surface area contributed by atoms with Gasteiger partial charge < -0.3 is 9.90 Å². The maximum atomic E-state index is 10.7. The molecule has 0 unspecified atom stereocenters. The van der Waals surface area contributed by atoms with E-state index in [1.165, 1.54) is 19.3 Å². The Hall–Kier alpha value is -1.31. The Morgan fingerprint density at radius 3 is 2.65 bits per heavy atom. The van der Waals surface area contributed by atoms with Crippen LogP contribution in [0.25, 0.3) is 0 Å². The average molecular weight is 233 g/mol. The summed E-state index contributed by atoms with van der Waals surface area (Å²) in [6.45, 7) is 4.36. The molecule has 94 valence electrons. The third kappa shape index (κ3) is 4.59. The normalized spacial score (nSPS) is 12.4. The van der Waals surface area contributed by atoms with Crippen LogP contribution in [0, 0.1) is 0 Å². The third-order valence-corrected chi connectivity index (χ3v) is 3.16. The van der Waals surface area contributed by atoms with Crippen LogP contribution in [0.15, 0.2) is 24.3 Å². The van der Waals surface area contributed by atoms with E-state index in [1.54, 1.807) is 0 Å². The molecule has 2 heteroatoms. The number of hydrogen-bond donors (Lipinski definition) is 0. The Balaban J connectivity index is 2.70. The van der Waals surface area contributed by atoms with Gasteiger partial charge in [-0.25, -0.2) is 0 Å². The van der Waals surface area contributed by atoms with Crippen LogP contribution in [-0.2, 0) is 11.2 Å². The molecular formula is C15H21O2-. The quantitative estimate of drug-likeness (QED) is 0.679. The first-order valence-electron chi connectivity index (χ1n) is 6.42. The maximum Gasteiger partial charge on any atom is 0.0458 e. The molecule has 1 aromatic carbocycles. The largest absolute Gasteiger partial charge is 0.550 e. The highest BCUT2D eigenvalue weighted by Gasteiger charge is 2.09. The van der Waals surface area contributed by atoms with Crippen molar-refractivity contribution in [3.63, 3.8) is 0 Å². The number of carboxylic acid groups (broad SMARTS) is 1. The number of hydrogen-bond acceptors (Lipinski definition) is 2. The van der Waals surface area contributed by atoms with Crippen molar-refractivity contribution in [2.45, 2.75) is 51.9 Å². The van der Waals surface area contributed by atoms with Gasteiger partial charge in [0, 0.05) is 12.4 Å². The third-order valence-electron chi connectivity index (χ3n) is 3.16. The van der Waals surface area contributed by atoms with E-state index in [-0.39, 0.29) is 6.42 Å². The van der Waals surface area contributed by atoms with Gasteiger partial charge in [-0.1, -0.05) is 57.4 Å². The highest BCUT2D eigenvalue weighted by molar-refractivity contribution is 5.68. The molecule has 0 aliphatic heterocycles. The maximum absolute atomic E-state index is 10.7. The topological polar surface area (TPSA) is 40.1 Å². The fourth-order valence-electron chi connectivity index (χ4n) is 2.19. The summed E-state index contributed by atoms with van der Waals surface area (Å²) in [5.74, 6) is -0.574. The summed E-state index contributed by atoms with van der Waals surface area (Å²) in [7, 11) is 0. The van der Waals surface area contributed by atoms with Crippen molar-refractivity contribution in [2.24, 2.45) is 0 Å². The molecule has 1 aromatic rings. The second-order valence-electron chi connectivity index (χ2n) is 4.64. The van der Waals surface area contributed by atoms with Crippen molar-refractivity contribution >= 4 is 5.97 Å². The summed E-state index contributed by atoms with van der Waals surface area (Å²) in [6.07, 6.45) is 4.81. The van der Waals surface area contributed by atoms with Gasteiger partial charge in [0.25, 0.3) is 0 Å². The van der Waals surface area contributed by atoms with Crippen molar-refractivity contribution in [1.82, 2.24) is 0 Å². The van der Waals surface area contributed by atoms with Gasteiger partial charge >= 0.3 is 0 Å². The van der Waals surface area contributed by atoms with Crippen LogP contribution >= 0.6 is 0 Å². The minimum atomic E-state index is -1.00. The van der Waals surface area contributed by atoms with E-state index in [4.69, 9.17) is 0 Å². The smallest absolute Gasteiger partial charge is 0.0458 e. The van der Waals surface area contributed by atoms with Gasteiger partial charge in [0.2, 0.25) is 0 Å². The molecule has 0 saturated heterocycles. The van der Waals surface area contributed by atoms with Crippen LogP contribution in [0.4, 0.5) is 0 Å². The summed E-state index contributed by atoms with van der Waals surface area (Å²) in [6, 6.07) is 7.79. The van der Waals surface area contributed by atoms with Gasteiger partial charge in [0.15, 0.2) is 0 Å². The Bertz CT molecular complexity index is 358. The van der Waals surface area contributed by atoms with Gasteiger partial charge in [-0.3, -0.25) is 0 Å². The molecule has 17 heavy (non-hydrogen) atoms. The second-order valence-corrected chi connectivity index (χ2v) is 4.64. The second kappa shape index (κ2) is 7.10. The number of carboxylic acids is 1. The van der Waals surface area contributed by atoms with E-state index in [0.717, 1.165) is 17.5 Å². The van der Waals surface area contributed by atoms with Crippen molar-refractivity contribution in [3.8, 4) is 0 Å². The van der Waals surface area contributed by atoms with Gasteiger partial charge in [-0.2, -0.15) is 0 Å². The Morgan fingerprint density at radius 1 is 1.29 bits per heavy atom. The van der Waals surface area contributed by atoms with Crippen LogP contribution in [0.3, 0.4) is 0 Å². The van der Waals surface area contributed by atoms with E-state index in [0.29, 0.717) is 5.92 Å². The molecule has 1 rings (SSSR count). The number of rotatable bonds is 7. The summed E-state index contributed by atoms with van der Waals surface area (Å²) in [5.41, 5.74) is 2.06. The Kier molecular flexibility index (Phi) is 5.75. The molecule has 0 heterocycles. The standard InChI is InChI=1S/C15H22O2/c1-3-4-5-8-12(2)14-10-7-6-9-13(14)11-15(16)17/h6-7,9-10,12H,3-5,8,11H2,1-2H3,(H,16,17)/p-1/t12-/m0/s1. The number of unbranched alkanes of at least 4 members (excludes halogenated alkanes) is 2. The minimum absolute atomic E-state index is 0.0221. The van der Waals surface area contributed by atoms with Crippen LogP contribution in [0.2, 0.25) is 0 Å². The number of carbonyl (C=O) groups excluding carboxylic acids is 1. The predicted octanol–water partition coefficient (Wildman–Crippen LogP) is 2.66. The Morgan fingerprint density at radius 2 is 2.00 bits per heavy atom. The summed E-state index contributed by atoms with van der Waals surface area (Å²) in [4.78, 5) is 10.7. The zero-order valence-corrected chi connectivity index (χ0v) is 10.7. The van der Waals surface area contributed by atoms with Crippen LogP contribution in [0.5, 0.6) is 0 Å². The van der Waals surface area contributed by atoms with Crippen LogP contribution in [-0.4, -0.2) is 5.97 Å². The zero-order chi connectivity index (χ0) is 12.7. The Labute approximate surface area is 104 Å². The van der Waals surface area contributed by atoms with Gasteiger partial charge in [-0.05, 0) is 23.5 Å². The molecule has 0 N–H and O–H groups in total. The van der Waals surface area contributed by atoms with E-state index >= 15 is 0 Å². The summed E-state index contributed by atoms with van der Waals surface area (Å²) in [5, 5.41) is 10.7. The lowest BCUT2D eigenvalue weighted by molar-refractivity contribution is -0.304. The minimum Gasteiger partial charge on any atom is -0.550 e. The first-order chi connectivity index (χ1) is 8.15. The average Bonchev–Trinajstić information content (AvgIpc) is 2.29. The number of carbonyl (C=O) groups is 1. The molecule has 0 fully saturated rings. The van der Waals surface area contributed by atoms with Crippen LogP contribution in [0.1, 0.15) is 56.6 Å². The monoisotopic (exact) mass is 233 g/mol. The van der Waals surface area contributed by atoms with E-state index in [9.17, 15) is 9.90 Å². The first kappa shape index (κ1) is 13.8. The molecule has 0 radical (unpaired) electrons. The lowest BCUT2D eigenvalue weighted by atomic mass is 9.90.